The fourth-order valence-electron chi connectivity index (χ4n) is 1.32. The summed E-state index contributed by atoms with van der Waals surface area (Å²) in [6.45, 7) is 0.577. The van der Waals surface area contributed by atoms with E-state index in [2.05, 4.69) is 5.10 Å². The van der Waals surface area contributed by atoms with E-state index in [9.17, 15) is 10.1 Å². The normalized spacial score (nSPS) is 10.0. The highest BCUT2D eigenvalue weighted by Crippen LogP contribution is 1.99. The van der Waals surface area contributed by atoms with Crippen LogP contribution in [0.4, 0.5) is 0 Å². The number of hydrogen-bond acceptors (Lipinski definition) is 3. The van der Waals surface area contributed by atoms with E-state index in [1.54, 1.807) is 4.68 Å². The molecule has 7 heteroatoms. The van der Waals surface area contributed by atoms with Crippen LogP contribution in [-0.2, 0) is 6.54 Å². The highest BCUT2D eigenvalue weighted by molar-refractivity contribution is 5.14. The Morgan fingerprint density at radius 1 is 1.44 bits per heavy atom. The van der Waals surface area contributed by atoms with Gasteiger partial charge in [-0.25, -0.2) is 14.8 Å². The standard InChI is InChI=1S/C9H10N5O2/c15-14(16)11-13-7-10-12(8-13)6-9-4-2-1-3-5-9/h1-5,7-8,11H,6H2/q+1. The van der Waals surface area contributed by atoms with Crippen LogP contribution in [0.5, 0.6) is 0 Å². The van der Waals surface area contributed by atoms with Crippen LogP contribution in [0.3, 0.4) is 0 Å². The molecule has 0 saturated heterocycles. The van der Waals surface area contributed by atoms with Crippen LogP contribution in [0.25, 0.3) is 0 Å². The zero-order valence-electron chi connectivity index (χ0n) is 8.35. The smallest absolute Gasteiger partial charge is 0.231 e. The van der Waals surface area contributed by atoms with Gasteiger partial charge in [-0.3, -0.25) is 0 Å². The molecule has 1 N–H and O–H groups in total. The minimum atomic E-state index is -0.644. The van der Waals surface area contributed by atoms with Gasteiger partial charge in [0.1, 0.15) is 5.53 Å². The number of nitro groups is 1. The molecule has 0 aliphatic heterocycles. The van der Waals surface area contributed by atoms with Crippen molar-refractivity contribution in [2.24, 2.45) is 0 Å². The molecular weight excluding hydrogens is 210 g/mol. The first-order valence-corrected chi connectivity index (χ1v) is 4.63. The largest absolute Gasteiger partial charge is 0.318 e. The fraction of sp³-hybridized carbons (Fsp3) is 0.111. The van der Waals surface area contributed by atoms with E-state index in [0.717, 1.165) is 5.56 Å². The van der Waals surface area contributed by atoms with Gasteiger partial charge < -0.3 is 0 Å². The van der Waals surface area contributed by atoms with Crippen LogP contribution in [0.1, 0.15) is 5.56 Å². The summed E-state index contributed by atoms with van der Waals surface area (Å²) in [5, 5.41) is 13.5. The first-order chi connectivity index (χ1) is 7.74. The maximum atomic E-state index is 10.2. The third kappa shape index (κ3) is 2.53. The number of aromatic nitrogens is 3. The highest BCUT2D eigenvalue weighted by atomic mass is 16.7. The molecule has 1 aromatic carbocycles. The van der Waals surface area contributed by atoms with E-state index < -0.39 is 5.03 Å². The van der Waals surface area contributed by atoms with Gasteiger partial charge in [0.25, 0.3) is 6.33 Å². The van der Waals surface area contributed by atoms with Crippen molar-refractivity contribution < 1.29 is 9.71 Å². The Labute approximate surface area is 91.0 Å². The summed E-state index contributed by atoms with van der Waals surface area (Å²) in [5.74, 6) is 0. The first-order valence-electron chi connectivity index (χ1n) is 4.63. The average Bonchev–Trinajstić information content (AvgIpc) is 2.66. The number of benzene rings is 1. The molecule has 82 valence electrons. The van der Waals surface area contributed by atoms with Crippen LogP contribution in [0, 0.1) is 10.1 Å². The summed E-state index contributed by atoms with van der Waals surface area (Å²) < 4.78 is 2.79. The van der Waals surface area contributed by atoms with E-state index in [-0.39, 0.29) is 0 Å². The summed E-state index contributed by atoms with van der Waals surface area (Å²) in [7, 11) is 0. The molecule has 0 aliphatic rings. The van der Waals surface area contributed by atoms with Gasteiger partial charge in [0.2, 0.25) is 5.03 Å². The van der Waals surface area contributed by atoms with Crippen molar-refractivity contribution in [2.45, 2.75) is 6.54 Å². The van der Waals surface area contributed by atoms with Gasteiger partial charge in [-0.1, -0.05) is 30.3 Å². The van der Waals surface area contributed by atoms with E-state index in [4.69, 9.17) is 0 Å². The molecule has 7 nitrogen and oxygen atoms in total. The second kappa shape index (κ2) is 4.39. The van der Waals surface area contributed by atoms with Crippen molar-refractivity contribution in [2.75, 3.05) is 5.53 Å². The quantitative estimate of drug-likeness (QED) is 0.445. The maximum Gasteiger partial charge on any atom is 0.318 e. The lowest BCUT2D eigenvalue weighted by molar-refractivity contribution is -0.774. The summed E-state index contributed by atoms with van der Waals surface area (Å²) >= 11 is 0. The molecule has 0 spiro atoms. The number of hydrazine groups is 1. The van der Waals surface area contributed by atoms with Gasteiger partial charge in [-0.15, -0.1) is 5.10 Å². The Kier molecular flexibility index (Phi) is 2.77. The predicted molar refractivity (Wildman–Crippen MR) is 54.3 cm³/mol. The van der Waals surface area contributed by atoms with Crippen molar-refractivity contribution in [1.29, 1.82) is 0 Å². The molecule has 0 atom stereocenters. The van der Waals surface area contributed by atoms with Gasteiger partial charge in [-0.2, -0.15) is 0 Å². The molecule has 1 aromatic heterocycles. The molecule has 16 heavy (non-hydrogen) atoms. The van der Waals surface area contributed by atoms with Gasteiger partial charge >= 0.3 is 6.33 Å². The second-order valence-corrected chi connectivity index (χ2v) is 3.19. The lowest BCUT2D eigenvalue weighted by Gasteiger charge is -1.97. The zero-order chi connectivity index (χ0) is 11.4. The monoisotopic (exact) mass is 220 g/mol. The summed E-state index contributed by atoms with van der Waals surface area (Å²) in [6.07, 6.45) is 2.85. The van der Waals surface area contributed by atoms with E-state index in [1.807, 2.05) is 35.9 Å². The third-order valence-electron chi connectivity index (χ3n) is 1.97. The van der Waals surface area contributed by atoms with Crippen LogP contribution in [0.15, 0.2) is 43.0 Å². The minimum absolute atomic E-state index is 0.577. The van der Waals surface area contributed by atoms with Crippen LogP contribution in [0.2, 0.25) is 0 Å². The Hall–Kier alpha value is -2.44. The molecule has 0 saturated carbocycles. The predicted octanol–water partition coefficient (Wildman–Crippen LogP) is -0.0459. The Bertz CT molecular complexity index is 482. The van der Waals surface area contributed by atoms with Crippen molar-refractivity contribution in [1.82, 2.24) is 9.78 Å². The number of nitrogens with zero attached hydrogens (tertiary/aromatic N) is 4. The van der Waals surface area contributed by atoms with E-state index >= 15 is 0 Å². The van der Waals surface area contributed by atoms with Gasteiger partial charge in [0.15, 0.2) is 0 Å². The molecule has 0 unspecified atom stereocenters. The van der Waals surface area contributed by atoms with Gasteiger partial charge in [-0.05, 0) is 5.56 Å². The van der Waals surface area contributed by atoms with Crippen molar-refractivity contribution >= 4 is 0 Å². The Morgan fingerprint density at radius 3 is 2.88 bits per heavy atom. The summed E-state index contributed by atoms with van der Waals surface area (Å²) in [6, 6.07) is 9.73. The molecular formula is C9H10N5O2+. The second-order valence-electron chi connectivity index (χ2n) is 3.19. The zero-order valence-corrected chi connectivity index (χ0v) is 8.35. The SMILES string of the molecule is O=[N+]([O-])N[n+]1cnn(Cc2ccccc2)c1. The minimum Gasteiger partial charge on any atom is -0.231 e. The highest BCUT2D eigenvalue weighted by Gasteiger charge is 2.09. The van der Waals surface area contributed by atoms with Crippen molar-refractivity contribution in [3.05, 3.63) is 58.7 Å². The fourth-order valence-corrected chi connectivity index (χ4v) is 1.32. The van der Waals surface area contributed by atoms with E-state index in [1.165, 1.54) is 17.3 Å². The number of nitrogens with one attached hydrogen (secondary N) is 1. The topological polar surface area (TPSA) is 76.9 Å². The molecule has 0 fully saturated rings. The lowest BCUT2D eigenvalue weighted by atomic mass is 10.2. The summed E-state index contributed by atoms with van der Waals surface area (Å²) in [5.41, 5.74) is 3.05. The molecule has 1 heterocycles. The molecule has 2 aromatic rings. The number of rotatable bonds is 4. The van der Waals surface area contributed by atoms with Crippen molar-refractivity contribution in [3.8, 4) is 0 Å². The van der Waals surface area contributed by atoms with Crippen LogP contribution < -0.4 is 10.2 Å². The lowest BCUT2D eigenvalue weighted by Crippen LogP contribution is -2.46. The van der Waals surface area contributed by atoms with Crippen LogP contribution in [-0.4, -0.2) is 14.8 Å². The molecule has 0 aliphatic carbocycles. The van der Waals surface area contributed by atoms with Crippen molar-refractivity contribution in [3.63, 3.8) is 0 Å². The Balaban J connectivity index is 2.06. The maximum absolute atomic E-state index is 10.2. The molecule has 0 bridgehead atoms. The first kappa shape index (κ1) is 10.1. The summed E-state index contributed by atoms with van der Waals surface area (Å²) in [4.78, 5) is 10.2. The molecule has 0 radical (unpaired) electrons. The average molecular weight is 220 g/mol. The third-order valence-corrected chi connectivity index (χ3v) is 1.97. The number of hydrogen-bond donors (Lipinski definition) is 1. The Morgan fingerprint density at radius 2 is 2.19 bits per heavy atom. The van der Waals surface area contributed by atoms with Gasteiger partial charge in [0.05, 0.1) is 6.54 Å². The molecule has 2 rings (SSSR count). The molecule has 0 amide bonds. The van der Waals surface area contributed by atoms with Gasteiger partial charge in [0, 0.05) is 4.68 Å². The van der Waals surface area contributed by atoms with E-state index in [0.29, 0.717) is 6.54 Å². The van der Waals surface area contributed by atoms with Crippen LogP contribution >= 0.6 is 0 Å².